The quantitative estimate of drug-likeness (QED) is 0.794. The Morgan fingerprint density at radius 2 is 2.16 bits per heavy atom. The molecule has 0 unspecified atom stereocenters. The Balaban J connectivity index is 1.73. The molecule has 0 amide bonds. The van der Waals surface area contributed by atoms with Crippen molar-refractivity contribution >= 4 is 16.3 Å². The number of thiazole rings is 1. The second-order valence-corrected chi connectivity index (χ2v) is 5.78. The number of rotatable bonds is 4. The van der Waals surface area contributed by atoms with Gasteiger partial charge >= 0.3 is 0 Å². The first-order valence-corrected chi connectivity index (χ1v) is 7.10. The van der Waals surface area contributed by atoms with Gasteiger partial charge in [-0.2, -0.15) is 0 Å². The minimum atomic E-state index is 0.774. The molecule has 3 heterocycles. The molecule has 0 bridgehead atoms. The number of nitrogens with zero attached hydrogens (tertiary/aromatic N) is 3. The van der Waals surface area contributed by atoms with Crippen molar-refractivity contribution in [3.05, 3.63) is 52.6 Å². The Morgan fingerprint density at radius 3 is 2.95 bits per heavy atom. The minimum absolute atomic E-state index is 0.774. The molecule has 3 rings (SSSR count). The van der Waals surface area contributed by atoms with Gasteiger partial charge in [0.05, 0.1) is 17.1 Å². The molecule has 19 heavy (non-hydrogen) atoms. The van der Waals surface area contributed by atoms with E-state index in [2.05, 4.69) is 39.7 Å². The third-order valence-electron chi connectivity index (χ3n) is 3.07. The lowest BCUT2D eigenvalue weighted by Gasteiger charge is -2.04. The standard InChI is InChI=1S/C14H16N4S/c1-10-9-18-13(11(2)17-14(18)19-10)8-15-7-12-5-3-4-6-16-12/h3-6,9,15H,7-8H2,1-2H3. The van der Waals surface area contributed by atoms with Crippen LogP contribution < -0.4 is 5.32 Å². The summed E-state index contributed by atoms with van der Waals surface area (Å²) in [6, 6.07) is 5.97. The first-order valence-electron chi connectivity index (χ1n) is 6.28. The van der Waals surface area contributed by atoms with Crippen molar-refractivity contribution in [3.63, 3.8) is 0 Å². The molecule has 0 aliphatic rings. The lowest BCUT2D eigenvalue weighted by Crippen LogP contribution is -2.15. The Kier molecular flexibility index (Phi) is 3.31. The number of aromatic nitrogens is 3. The van der Waals surface area contributed by atoms with Crippen LogP contribution in [-0.4, -0.2) is 14.4 Å². The lowest BCUT2D eigenvalue weighted by molar-refractivity contribution is 0.661. The largest absolute Gasteiger partial charge is 0.305 e. The molecule has 0 radical (unpaired) electrons. The fourth-order valence-electron chi connectivity index (χ4n) is 2.13. The summed E-state index contributed by atoms with van der Waals surface area (Å²) >= 11 is 1.73. The van der Waals surface area contributed by atoms with E-state index in [4.69, 9.17) is 0 Å². The van der Waals surface area contributed by atoms with Gasteiger partial charge in [-0.3, -0.25) is 9.38 Å². The maximum Gasteiger partial charge on any atom is 0.194 e. The molecule has 3 aromatic heterocycles. The van der Waals surface area contributed by atoms with Crippen molar-refractivity contribution in [3.8, 4) is 0 Å². The molecule has 0 saturated carbocycles. The fraction of sp³-hybridized carbons (Fsp3) is 0.286. The van der Waals surface area contributed by atoms with Crippen molar-refractivity contribution in [2.75, 3.05) is 0 Å². The number of aryl methyl sites for hydroxylation is 2. The zero-order chi connectivity index (χ0) is 13.2. The van der Waals surface area contributed by atoms with Crippen LogP contribution in [0.2, 0.25) is 0 Å². The van der Waals surface area contributed by atoms with E-state index >= 15 is 0 Å². The van der Waals surface area contributed by atoms with Crippen LogP contribution in [0.5, 0.6) is 0 Å². The third kappa shape index (κ3) is 2.52. The maximum absolute atomic E-state index is 4.59. The molecule has 0 aliphatic heterocycles. The average molecular weight is 272 g/mol. The molecule has 0 spiro atoms. The highest BCUT2D eigenvalue weighted by molar-refractivity contribution is 7.17. The summed E-state index contributed by atoms with van der Waals surface area (Å²) in [4.78, 5) is 11.2. The van der Waals surface area contributed by atoms with Gasteiger partial charge in [0.25, 0.3) is 0 Å². The van der Waals surface area contributed by atoms with E-state index in [0.717, 1.165) is 29.4 Å². The van der Waals surface area contributed by atoms with E-state index in [1.165, 1.54) is 10.6 Å². The van der Waals surface area contributed by atoms with Gasteiger partial charge in [-0.15, -0.1) is 11.3 Å². The predicted octanol–water partition coefficient (Wildman–Crippen LogP) is 2.70. The molecule has 4 nitrogen and oxygen atoms in total. The van der Waals surface area contributed by atoms with Crippen LogP contribution >= 0.6 is 11.3 Å². The summed E-state index contributed by atoms with van der Waals surface area (Å²) in [5.41, 5.74) is 3.39. The Bertz CT molecular complexity index is 684. The zero-order valence-corrected chi connectivity index (χ0v) is 11.9. The summed E-state index contributed by atoms with van der Waals surface area (Å²) in [6.07, 6.45) is 3.97. The summed E-state index contributed by atoms with van der Waals surface area (Å²) in [5, 5.41) is 3.43. The molecular formula is C14H16N4S. The van der Waals surface area contributed by atoms with Crippen LogP contribution in [0.15, 0.2) is 30.6 Å². The molecule has 0 saturated heterocycles. The van der Waals surface area contributed by atoms with Gasteiger partial charge in [0.2, 0.25) is 0 Å². The molecule has 5 heteroatoms. The van der Waals surface area contributed by atoms with Gasteiger partial charge in [-0.05, 0) is 26.0 Å². The average Bonchev–Trinajstić information content (AvgIpc) is 2.88. The predicted molar refractivity (Wildman–Crippen MR) is 77.3 cm³/mol. The fourth-order valence-corrected chi connectivity index (χ4v) is 3.02. The highest BCUT2D eigenvalue weighted by Crippen LogP contribution is 2.20. The van der Waals surface area contributed by atoms with Gasteiger partial charge in [-0.1, -0.05) is 6.07 Å². The third-order valence-corrected chi connectivity index (χ3v) is 3.96. The second kappa shape index (κ2) is 5.11. The second-order valence-electron chi connectivity index (χ2n) is 4.56. The summed E-state index contributed by atoms with van der Waals surface area (Å²) in [6.45, 7) is 5.75. The Labute approximate surface area is 116 Å². The molecule has 1 N–H and O–H groups in total. The Hall–Kier alpha value is -1.72. The van der Waals surface area contributed by atoms with Crippen LogP contribution in [0.25, 0.3) is 4.96 Å². The van der Waals surface area contributed by atoms with Crippen LogP contribution in [0, 0.1) is 13.8 Å². The van der Waals surface area contributed by atoms with Crippen molar-refractivity contribution in [2.45, 2.75) is 26.9 Å². The Morgan fingerprint density at radius 1 is 1.26 bits per heavy atom. The molecule has 3 aromatic rings. The van der Waals surface area contributed by atoms with Gasteiger partial charge in [0.15, 0.2) is 4.96 Å². The normalized spacial score (nSPS) is 11.3. The number of hydrogen-bond donors (Lipinski definition) is 1. The maximum atomic E-state index is 4.59. The number of fused-ring (bicyclic) bond motifs is 1. The number of hydrogen-bond acceptors (Lipinski definition) is 4. The molecule has 0 aromatic carbocycles. The van der Waals surface area contributed by atoms with Crippen molar-refractivity contribution in [1.29, 1.82) is 0 Å². The number of imidazole rings is 1. The summed E-state index contributed by atoms with van der Waals surface area (Å²) in [5.74, 6) is 0. The van der Waals surface area contributed by atoms with E-state index in [1.807, 2.05) is 24.4 Å². The minimum Gasteiger partial charge on any atom is -0.305 e. The summed E-state index contributed by atoms with van der Waals surface area (Å²) in [7, 11) is 0. The zero-order valence-electron chi connectivity index (χ0n) is 11.1. The van der Waals surface area contributed by atoms with Gasteiger partial charge in [-0.25, -0.2) is 4.98 Å². The van der Waals surface area contributed by atoms with E-state index in [0.29, 0.717) is 0 Å². The lowest BCUT2D eigenvalue weighted by atomic mass is 10.3. The number of nitrogens with one attached hydrogen (secondary N) is 1. The van der Waals surface area contributed by atoms with Crippen molar-refractivity contribution in [1.82, 2.24) is 19.7 Å². The van der Waals surface area contributed by atoms with Crippen molar-refractivity contribution in [2.24, 2.45) is 0 Å². The molecule has 0 aliphatic carbocycles. The highest BCUT2D eigenvalue weighted by Gasteiger charge is 2.10. The van der Waals surface area contributed by atoms with Crippen LogP contribution in [-0.2, 0) is 13.1 Å². The van der Waals surface area contributed by atoms with E-state index in [1.54, 1.807) is 11.3 Å². The molecule has 0 atom stereocenters. The smallest absolute Gasteiger partial charge is 0.194 e. The van der Waals surface area contributed by atoms with Gasteiger partial charge in [0.1, 0.15) is 0 Å². The first kappa shape index (κ1) is 12.3. The summed E-state index contributed by atoms with van der Waals surface area (Å²) < 4.78 is 2.18. The van der Waals surface area contributed by atoms with Gasteiger partial charge < -0.3 is 5.32 Å². The van der Waals surface area contributed by atoms with Crippen LogP contribution in [0.4, 0.5) is 0 Å². The first-order chi connectivity index (χ1) is 9.24. The van der Waals surface area contributed by atoms with E-state index < -0.39 is 0 Å². The molecular weight excluding hydrogens is 256 g/mol. The molecule has 98 valence electrons. The van der Waals surface area contributed by atoms with Crippen molar-refractivity contribution < 1.29 is 0 Å². The topological polar surface area (TPSA) is 42.2 Å². The number of pyridine rings is 1. The molecule has 0 fully saturated rings. The van der Waals surface area contributed by atoms with E-state index in [9.17, 15) is 0 Å². The monoisotopic (exact) mass is 272 g/mol. The van der Waals surface area contributed by atoms with Crippen LogP contribution in [0.1, 0.15) is 22.0 Å². The van der Waals surface area contributed by atoms with Gasteiger partial charge in [0, 0.05) is 30.4 Å². The van der Waals surface area contributed by atoms with Crippen LogP contribution in [0.3, 0.4) is 0 Å². The van der Waals surface area contributed by atoms with E-state index in [-0.39, 0.29) is 0 Å². The highest BCUT2D eigenvalue weighted by atomic mass is 32.1. The SMILES string of the molecule is Cc1cn2c(CNCc3ccccn3)c(C)nc2s1.